The Hall–Kier alpha value is -3.26. The van der Waals surface area contributed by atoms with Crippen LogP contribution in [0.25, 0.3) is 0 Å². The van der Waals surface area contributed by atoms with Crippen LogP contribution in [0.1, 0.15) is 23.6 Å². The number of carbonyl (C=O) groups is 1. The van der Waals surface area contributed by atoms with Gasteiger partial charge in [-0.25, -0.2) is 0 Å². The lowest BCUT2D eigenvalue weighted by atomic mass is 10.1. The molecule has 5 nitrogen and oxygen atoms in total. The van der Waals surface area contributed by atoms with Gasteiger partial charge in [0.25, 0.3) is 5.91 Å². The first kappa shape index (κ1) is 20.1. The van der Waals surface area contributed by atoms with E-state index in [1.165, 1.54) is 6.20 Å². The summed E-state index contributed by atoms with van der Waals surface area (Å²) in [7, 11) is 1.64. The van der Waals surface area contributed by atoms with Gasteiger partial charge in [-0.05, 0) is 48.6 Å². The van der Waals surface area contributed by atoms with Crippen LogP contribution in [0, 0.1) is 18.3 Å². The summed E-state index contributed by atoms with van der Waals surface area (Å²) < 4.78 is 5.20. The average molecular weight is 363 g/mol. The van der Waals surface area contributed by atoms with Gasteiger partial charge in [-0.2, -0.15) is 5.26 Å². The highest BCUT2D eigenvalue weighted by Gasteiger charge is 2.12. The van der Waals surface area contributed by atoms with Crippen LogP contribution in [0.15, 0.2) is 54.2 Å². The molecule has 0 saturated heterocycles. The van der Waals surface area contributed by atoms with E-state index in [1.807, 2.05) is 62.4 Å². The molecule has 0 unspecified atom stereocenters. The van der Waals surface area contributed by atoms with Crippen LogP contribution in [0.2, 0.25) is 0 Å². The number of amides is 1. The lowest BCUT2D eigenvalue weighted by Gasteiger charge is -2.12. The minimum atomic E-state index is -0.407. The second-order valence-corrected chi connectivity index (χ2v) is 6.14. The summed E-state index contributed by atoms with van der Waals surface area (Å²) in [6.45, 7) is 4.58. The molecule has 0 bridgehead atoms. The molecule has 2 rings (SSSR count). The molecule has 0 aliphatic carbocycles. The number of methoxy groups -OCH3 is 1. The molecule has 140 valence electrons. The Morgan fingerprint density at radius 3 is 2.74 bits per heavy atom. The van der Waals surface area contributed by atoms with E-state index in [0.29, 0.717) is 6.54 Å². The molecule has 1 amide bonds. The second kappa shape index (κ2) is 10.0. The van der Waals surface area contributed by atoms with E-state index in [9.17, 15) is 10.1 Å². The Kier molecular flexibility index (Phi) is 7.45. The fraction of sp³-hybridized carbons (Fsp3) is 0.273. The third-order valence-electron chi connectivity index (χ3n) is 4.28. The van der Waals surface area contributed by atoms with E-state index in [1.54, 1.807) is 7.11 Å². The maximum absolute atomic E-state index is 12.5. The number of hydrogen-bond acceptors (Lipinski definition) is 4. The number of anilines is 1. The summed E-state index contributed by atoms with van der Waals surface area (Å²) in [4.78, 5) is 12.5. The van der Waals surface area contributed by atoms with Gasteiger partial charge in [0, 0.05) is 18.4 Å². The zero-order valence-corrected chi connectivity index (χ0v) is 16.0. The van der Waals surface area contributed by atoms with Crippen LogP contribution < -0.4 is 15.4 Å². The van der Waals surface area contributed by atoms with Gasteiger partial charge in [-0.1, -0.05) is 37.3 Å². The highest BCUT2D eigenvalue weighted by Crippen LogP contribution is 2.21. The van der Waals surface area contributed by atoms with Gasteiger partial charge in [0.15, 0.2) is 0 Å². The molecule has 0 atom stereocenters. The van der Waals surface area contributed by atoms with Crippen molar-refractivity contribution in [3.63, 3.8) is 0 Å². The highest BCUT2D eigenvalue weighted by molar-refractivity contribution is 6.07. The zero-order valence-electron chi connectivity index (χ0n) is 16.0. The Morgan fingerprint density at radius 1 is 1.26 bits per heavy atom. The van der Waals surface area contributed by atoms with Crippen LogP contribution in [0.4, 0.5) is 5.69 Å². The molecule has 2 aromatic rings. The van der Waals surface area contributed by atoms with Crippen LogP contribution in [0.3, 0.4) is 0 Å². The van der Waals surface area contributed by atoms with Crippen molar-refractivity contribution < 1.29 is 9.53 Å². The lowest BCUT2D eigenvalue weighted by Crippen LogP contribution is -2.19. The number of nitrogens with one attached hydrogen (secondary N) is 2. The van der Waals surface area contributed by atoms with Crippen molar-refractivity contribution in [3.05, 3.63) is 70.9 Å². The van der Waals surface area contributed by atoms with Gasteiger partial charge in [0.05, 0.1) is 7.11 Å². The van der Waals surface area contributed by atoms with E-state index in [2.05, 4.69) is 10.6 Å². The van der Waals surface area contributed by atoms with Crippen LogP contribution in [-0.4, -0.2) is 19.6 Å². The van der Waals surface area contributed by atoms with Gasteiger partial charge >= 0.3 is 0 Å². The molecule has 0 saturated carbocycles. The summed E-state index contributed by atoms with van der Waals surface area (Å²) in [6.07, 6.45) is 3.03. The molecule has 0 fully saturated rings. The Labute approximate surface area is 160 Å². The average Bonchev–Trinajstić information content (AvgIpc) is 2.69. The molecule has 0 radical (unpaired) electrons. The summed E-state index contributed by atoms with van der Waals surface area (Å²) in [5.74, 6) is 0.403. The Balaban J connectivity index is 1.97. The van der Waals surface area contributed by atoms with Crippen molar-refractivity contribution in [3.8, 4) is 11.8 Å². The van der Waals surface area contributed by atoms with Gasteiger partial charge in [-0.15, -0.1) is 0 Å². The smallest absolute Gasteiger partial charge is 0.267 e. The number of para-hydroxylation sites is 1. The number of ether oxygens (including phenoxy) is 1. The predicted molar refractivity (Wildman–Crippen MR) is 108 cm³/mol. The molecule has 0 heterocycles. The molecule has 0 aliphatic heterocycles. The van der Waals surface area contributed by atoms with Crippen LogP contribution in [0.5, 0.6) is 5.75 Å². The second-order valence-electron chi connectivity index (χ2n) is 6.14. The predicted octanol–water partition coefficient (Wildman–Crippen LogP) is 3.74. The van der Waals surface area contributed by atoms with Crippen LogP contribution >= 0.6 is 0 Å². The third kappa shape index (κ3) is 5.61. The molecule has 5 heteroatoms. The van der Waals surface area contributed by atoms with E-state index in [-0.39, 0.29) is 5.57 Å². The fourth-order valence-corrected chi connectivity index (χ4v) is 2.75. The topological polar surface area (TPSA) is 74.2 Å². The Bertz CT molecular complexity index is 866. The van der Waals surface area contributed by atoms with Crippen molar-refractivity contribution in [2.45, 2.75) is 26.7 Å². The monoisotopic (exact) mass is 363 g/mol. The first-order valence-electron chi connectivity index (χ1n) is 8.95. The van der Waals surface area contributed by atoms with Crippen molar-refractivity contribution in [2.24, 2.45) is 0 Å². The number of hydrogen-bond donors (Lipinski definition) is 2. The van der Waals surface area contributed by atoms with E-state index in [0.717, 1.165) is 41.0 Å². The molecule has 0 spiro atoms. The molecule has 2 aromatic carbocycles. The summed E-state index contributed by atoms with van der Waals surface area (Å²) >= 11 is 0. The zero-order chi connectivity index (χ0) is 19.6. The quantitative estimate of drug-likeness (QED) is 0.426. The van der Waals surface area contributed by atoms with E-state index in [4.69, 9.17) is 4.74 Å². The standard InChI is InChI=1S/C22H25N3O2/c1-4-18-9-5-7-16(2)21(18)25-22(26)19(14-23)15-24-12-11-17-8-6-10-20(13-17)27-3/h5-10,13,15,24H,4,11-12H2,1-3H3,(H,25,26)/b19-15-. The number of nitriles is 1. The SMILES string of the molecule is CCc1cccc(C)c1NC(=O)/C(C#N)=C\NCCc1cccc(OC)c1. The normalized spacial score (nSPS) is 10.8. The Morgan fingerprint density at radius 2 is 2.04 bits per heavy atom. The first-order valence-corrected chi connectivity index (χ1v) is 8.95. The van der Waals surface area contributed by atoms with Crippen molar-refractivity contribution >= 4 is 11.6 Å². The number of carbonyl (C=O) groups excluding carboxylic acids is 1. The largest absolute Gasteiger partial charge is 0.497 e. The number of aryl methyl sites for hydroxylation is 2. The minimum absolute atomic E-state index is 0.0472. The molecule has 0 aromatic heterocycles. The third-order valence-corrected chi connectivity index (χ3v) is 4.28. The summed E-state index contributed by atoms with van der Waals surface area (Å²) in [5, 5.41) is 15.2. The van der Waals surface area contributed by atoms with Gasteiger partial charge in [0.2, 0.25) is 0 Å². The number of benzene rings is 2. The minimum Gasteiger partial charge on any atom is -0.497 e. The highest BCUT2D eigenvalue weighted by atomic mass is 16.5. The molecular weight excluding hydrogens is 338 g/mol. The van der Waals surface area contributed by atoms with E-state index < -0.39 is 5.91 Å². The number of nitrogens with zero attached hydrogens (tertiary/aromatic N) is 1. The van der Waals surface area contributed by atoms with Gasteiger partial charge in [-0.3, -0.25) is 4.79 Å². The van der Waals surface area contributed by atoms with Crippen molar-refractivity contribution in [1.29, 1.82) is 5.26 Å². The summed E-state index contributed by atoms with van der Waals surface area (Å²) in [6, 6.07) is 15.7. The van der Waals surface area contributed by atoms with Gasteiger partial charge in [0.1, 0.15) is 17.4 Å². The number of rotatable bonds is 8. The first-order chi connectivity index (χ1) is 13.1. The lowest BCUT2D eigenvalue weighted by molar-refractivity contribution is -0.112. The van der Waals surface area contributed by atoms with Crippen molar-refractivity contribution in [1.82, 2.24) is 5.32 Å². The van der Waals surface area contributed by atoms with E-state index >= 15 is 0 Å². The van der Waals surface area contributed by atoms with Crippen LogP contribution in [-0.2, 0) is 17.6 Å². The summed E-state index contributed by atoms with van der Waals surface area (Å²) in [5.41, 5.74) is 3.97. The maximum Gasteiger partial charge on any atom is 0.267 e. The molecular formula is C22H25N3O2. The maximum atomic E-state index is 12.5. The molecule has 0 aliphatic rings. The van der Waals surface area contributed by atoms with Gasteiger partial charge < -0.3 is 15.4 Å². The molecule has 2 N–H and O–H groups in total. The fourth-order valence-electron chi connectivity index (χ4n) is 2.75. The van der Waals surface area contributed by atoms with Crippen molar-refractivity contribution in [2.75, 3.05) is 19.0 Å². The molecule has 27 heavy (non-hydrogen) atoms.